The van der Waals surface area contributed by atoms with Crippen LogP contribution in [0.15, 0.2) is 48.5 Å². The van der Waals surface area contributed by atoms with Gasteiger partial charge < -0.3 is 4.79 Å². The number of carbonyl (C=O) groups excluding carboxylic acids is 1. The number of rotatable bonds is 1. The second-order valence-electron chi connectivity index (χ2n) is 6.59. The molecule has 0 spiro atoms. The molecule has 0 saturated heterocycles. The van der Waals surface area contributed by atoms with Crippen LogP contribution in [0.5, 0.6) is 0 Å². The lowest BCUT2D eigenvalue weighted by atomic mass is 9.45. The van der Waals surface area contributed by atoms with E-state index in [4.69, 9.17) is 0 Å². The van der Waals surface area contributed by atoms with Crippen LogP contribution in [0.2, 0.25) is 0 Å². The molecule has 100 valence electrons. The first-order chi connectivity index (χ1) is 9.62. The summed E-state index contributed by atoms with van der Waals surface area (Å²) in [5.74, 6) is 0.361. The fraction of sp³-hybridized carbons (Fsp3) is 0.316. The monoisotopic (exact) mass is 262 g/mol. The molecule has 0 N–H and O–H groups in total. The van der Waals surface area contributed by atoms with Crippen LogP contribution in [0, 0.1) is 5.41 Å². The molecule has 5 rings (SSSR count). The van der Waals surface area contributed by atoms with Crippen molar-refractivity contribution in [3.8, 4) is 0 Å². The first kappa shape index (κ1) is 11.9. The van der Waals surface area contributed by atoms with Gasteiger partial charge in [0.25, 0.3) is 0 Å². The minimum absolute atomic E-state index is 0.212. The van der Waals surface area contributed by atoms with Gasteiger partial charge in [0.05, 0.1) is 0 Å². The smallest absolute Gasteiger partial charge is 0.127 e. The minimum atomic E-state index is -0.319. The quantitative estimate of drug-likeness (QED) is 0.709. The summed E-state index contributed by atoms with van der Waals surface area (Å²) in [6.45, 7) is 4.37. The van der Waals surface area contributed by atoms with Crippen molar-refractivity contribution in [2.75, 3.05) is 0 Å². The first-order valence-corrected chi connectivity index (χ1v) is 7.27. The largest absolute Gasteiger partial charge is 0.303 e. The van der Waals surface area contributed by atoms with Gasteiger partial charge in [0.1, 0.15) is 6.29 Å². The number of hydrogen-bond acceptors (Lipinski definition) is 1. The molecule has 1 atom stereocenters. The maximum atomic E-state index is 11.9. The fourth-order valence-corrected chi connectivity index (χ4v) is 4.45. The molecule has 0 aliphatic heterocycles. The van der Waals surface area contributed by atoms with Crippen LogP contribution in [0.4, 0.5) is 0 Å². The predicted molar refractivity (Wildman–Crippen MR) is 80.0 cm³/mol. The summed E-state index contributed by atoms with van der Waals surface area (Å²) in [6, 6.07) is 17.3. The van der Waals surface area contributed by atoms with E-state index in [1.165, 1.54) is 28.5 Å². The predicted octanol–water partition coefficient (Wildman–Crippen LogP) is 4.05. The van der Waals surface area contributed by atoms with Crippen LogP contribution in [-0.2, 0) is 10.2 Å². The molecule has 3 aliphatic carbocycles. The summed E-state index contributed by atoms with van der Waals surface area (Å²) in [5.41, 5.74) is 4.96. The van der Waals surface area contributed by atoms with Crippen molar-refractivity contribution in [3.05, 3.63) is 70.8 Å². The number of aldehydes is 1. The molecule has 20 heavy (non-hydrogen) atoms. The standard InChI is InChI=1S/C19H18O/c1-18(12-20)11-15-13-7-3-5-9-16(13)19(18,2)17-10-6-4-8-14(15)17/h3-10,12,15H,11H2,1-2H3. The summed E-state index contributed by atoms with van der Waals surface area (Å²) >= 11 is 0. The van der Waals surface area contributed by atoms with E-state index in [0.717, 1.165) is 6.42 Å². The number of carbonyl (C=O) groups is 1. The Balaban J connectivity index is 2.14. The highest BCUT2D eigenvalue weighted by atomic mass is 16.1. The molecule has 2 aromatic carbocycles. The highest BCUT2D eigenvalue weighted by molar-refractivity contribution is 5.73. The van der Waals surface area contributed by atoms with E-state index in [2.05, 4.69) is 62.4 Å². The van der Waals surface area contributed by atoms with Gasteiger partial charge in [0.2, 0.25) is 0 Å². The van der Waals surface area contributed by atoms with Crippen molar-refractivity contribution in [2.45, 2.75) is 31.6 Å². The second kappa shape index (κ2) is 3.60. The van der Waals surface area contributed by atoms with Crippen molar-refractivity contribution in [3.63, 3.8) is 0 Å². The Hall–Kier alpha value is -1.89. The highest BCUT2D eigenvalue weighted by Gasteiger charge is 2.57. The Morgan fingerprint density at radius 2 is 1.45 bits per heavy atom. The molecule has 1 nitrogen and oxygen atoms in total. The van der Waals surface area contributed by atoms with E-state index in [0.29, 0.717) is 5.92 Å². The van der Waals surface area contributed by atoms with Gasteiger partial charge in [0, 0.05) is 16.7 Å². The summed E-state index contributed by atoms with van der Waals surface area (Å²) in [5, 5.41) is 0. The Labute approximate surface area is 119 Å². The second-order valence-corrected chi connectivity index (χ2v) is 6.59. The molecular weight excluding hydrogens is 244 g/mol. The Morgan fingerprint density at radius 1 is 0.950 bits per heavy atom. The summed E-state index contributed by atoms with van der Waals surface area (Å²) in [6.07, 6.45) is 2.10. The van der Waals surface area contributed by atoms with Gasteiger partial charge in [-0.05, 0) is 28.7 Å². The Morgan fingerprint density at radius 3 is 1.95 bits per heavy atom. The lowest BCUT2D eigenvalue weighted by molar-refractivity contribution is -0.119. The lowest BCUT2D eigenvalue weighted by Crippen LogP contribution is -2.52. The van der Waals surface area contributed by atoms with E-state index in [-0.39, 0.29) is 10.8 Å². The van der Waals surface area contributed by atoms with E-state index in [9.17, 15) is 4.79 Å². The van der Waals surface area contributed by atoms with Gasteiger partial charge in [-0.3, -0.25) is 0 Å². The van der Waals surface area contributed by atoms with E-state index >= 15 is 0 Å². The van der Waals surface area contributed by atoms with E-state index in [1.807, 2.05) is 0 Å². The van der Waals surface area contributed by atoms with Crippen LogP contribution in [-0.4, -0.2) is 6.29 Å². The number of benzene rings is 2. The molecule has 0 amide bonds. The zero-order chi connectivity index (χ0) is 14.0. The van der Waals surface area contributed by atoms with E-state index < -0.39 is 0 Å². The summed E-state index contributed by atoms with van der Waals surface area (Å²) in [4.78, 5) is 11.9. The molecule has 0 radical (unpaired) electrons. The minimum Gasteiger partial charge on any atom is -0.303 e. The Kier molecular flexibility index (Phi) is 2.14. The third kappa shape index (κ3) is 1.13. The van der Waals surface area contributed by atoms with Crippen LogP contribution < -0.4 is 0 Å². The number of fused-ring (bicyclic) bond motifs is 1. The van der Waals surface area contributed by atoms with Crippen molar-refractivity contribution in [2.24, 2.45) is 5.41 Å². The van der Waals surface area contributed by atoms with Crippen molar-refractivity contribution < 1.29 is 4.79 Å². The zero-order valence-electron chi connectivity index (χ0n) is 11.9. The van der Waals surface area contributed by atoms with Crippen molar-refractivity contribution in [1.29, 1.82) is 0 Å². The van der Waals surface area contributed by atoms with Crippen LogP contribution >= 0.6 is 0 Å². The maximum absolute atomic E-state index is 11.9. The van der Waals surface area contributed by atoms with Crippen molar-refractivity contribution in [1.82, 2.24) is 0 Å². The molecule has 0 aromatic heterocycles. The summed E-state index contributed by atoms with van der Waals surface area (Å²) < 4.78 is 0. The Bertz CT molecular complexity index is 668. The van der Waals surface area contributed by atoms with E-state index in [1.54, 1.807) is 0 Å². The van der Waals surface area contributed by atoms with Gasteiger partial charge in [-0.25, -0.2) is 0 Å². The topological polar surface area (TPSA) is 17.1 Å². The van der Waals surface area contributed by atoms with Gasteiger partial charge in [-0.2, -0.15) is 0 Å². The van der Waals surface area contributed by atoms with Gasteiger partial charge in [-0.1, -0.05) is 62.4 Å². The normalized spacial score (nSPS) is 33.4. The summed E-state index contributed by atoms with van der Waals surface area (Å²) in [7, 11) is 0. The molecule has 0 heterocycles. The van der Waals surface area contributed by atoms with Gasteiger partial charge >= 0.3 is 0 Å². The molecule has 3 aliphatic rings. The molecule has 0 saturated carbocycles. The third-order valence-corrected chi connectivity index (χ3v) is 5.78. The molecule has 1 unspecified atom stereocenters. The van der Waals surface area contributed by atoms with Crippen LogP contribution in [0.25, 0.3) is 0 Å². The van der Waals surface area contributed by atoms with Crippen LogP contribution in [0.1, 0.15) is 48.4 Å². The SMILES string of the molecule is CC1(C=O)CC2c3ccccc3C1(C)c1ccccc12. The first-order valence-electron chi connectivity index (χ1n) is 7.27. The highest BCUT2D eigenvalue weighted by Crippen LogP contribution is 2.63. The van der Waals surface area contributed by atoms with Crippen LogP contribution in [0.3, 0.4) is 0 Å². The number of hydrogen-bond donors (Lipinski definition) is 0. The zero-order valence-corrected chi connectivity index (χ0v) is 11.9. The lowest BCUT2D eigenvalue weighted by Gasteiger charge is -2.56. The fourth-order valence-electron chi connectivity index (χ4n) is 4.45. The van der Waals surface area contributed by atoms with Crippen molar-refractivity contribution >= 4 is 6.29 Å². The molecule has 2 bridgehead atoms. The molecule has 1 heteroatoms. The third-order valence-electron chi connectivity index (χ3n) is 5.78. The molecule has 0 fully saturated rings. The maximum Gasteiger partial charge on any atom is 0.127 e. The van der Waals surface area contributed by atoms with Gasteiger partial charge in [-0.15, -0.1) is 0 Å². The molecule has 2 aromatic rings. The van der Waals surface area contributed by atoms with Gasteiger partial charge in [0.15, 0.2) is 0 Å². The average molecular weight is 262 g/mol. The average Bonchev–Trinajstić information content (AvgIpc) is 2.50. The molecular formula is C19H18O.